The summed E-state index contributed by atoms with van der Waals surface area (Å²) in [5.74, 6) is -1.02. The second-order valence-corrected chi connectivity index (χ2v) is 6.54. The van der Waals surface area contributed by atoms with Gasteiger partial charge in [-0.05, 0) is 30.5 Å². The fourth-order valence-corrected chi connectivity index (χ4v) is 3.24. The van der Waals surface area contributed by atoms with E-state index in [2.05, 4.69) is 20.2 Å². The smallest absolute Gasteiger partial charge is 0.305 e. The van der Waals surface area contributed by atoms with Crippen molar-refractivity contribution in [3.63, 3.8) is 0 Å². The van der Waals surface area contributed by atoms with Gasteiger partial charge in [-0.15, -0.1) is 0 Å². The number of carboxylic acids is 1. The molecule has 0 spiro atoms. The quantitative estimate of drug-likeness (QED) is 0.807. The predicted molar refractivity (Wildman–Crippen MR) is 96.5 cm³/mol. The van der Waals surface area contributed by atoms with Crippen molar-refractivity contribution in [1.29, 1.82) is 0 Å². The van der Waals surface area contributed by atoms with Crippen LogP contribution in [0.2, 0.25) is 0 Å². The number of aliphatic carboxylic acids is 1. The van der Waals surface area contributed by atoms with Gasteiger partial charge in [-0.1, -0.05) is 12.1 Å². The summed E-state index contributed by atoms with van der Waals surface area (Å²) < 4.78 is 13.1. The summed E-state index contributed by atoms with van der Waals surface area (Å²) in [4.78, 5) is 34.2. The molecule has 0 aliphatic carbocycles. The van der Waals surface area contributed by atoms with Gasteiger partial charge >= 0.3 is 5.97 Å². The number of benzene rings is 1. The van der Waals surface area contributed by atoms with Gasteiger partial charge < -0.3 is 15.3 Å². The molecule has 1 atom stereocenters. The SMILES string of the molecule is O=C(O)CC(NC(=O)C1CCN(c2cnccn2)CC1)c1ccc(F)cc1. The molecule has 0 bridgehead atoms. The molecule has 2 heterocycles. The molecule has 1 unspecified atom stereocenters. The van der Waals surface area contributed by atoms with Gasteiger partial charge in [0.25, 0.3) is 0 Å². The Hall–Kier alpha value is -3.03. The van der Waals surface area contributed by atoms with Crippen LogP contribution in [-0.4, -0.2) is 40.0 Å². The third-order valence-corrected chi connectivity index (χ3v) is 4.71. The summed E-state index contributed by atoms with van der Waals surface area (Å²) in [7, 11) is 0. The molecule has 0 saturated carbocycles. The number of piperidine rings is 1. The van der Waals surface area contributed by atoms with Crippen LogP contribution < -0.4 is 10.2 Å². The second-order valence-electron chi connectivity index (χ2n) is 6.54. The van der Waals surface area contributed by atoms with Crippen molar-refractivity contribution in [1.82, 2.24) is 15.3 Å². The summed E-state index contributed by atoms with van der Waals surface area (Å²) in [6.45, 7) is 1.36. The van der Waals surface area contributed by atoms with Gasteiger partial charge in [-0.25, -0.2) is 9.37 Å². The molecule has 0 radical (unpaired) electrons. The third-order valence-electron chi connectivity index (χ3n) is 4.71. The van der Waals surface area contributed by atoms with Crippen LogP contribution in [0.1, 0.15) is 30.9 Å². The number of nitrogens with zero attached hydrogens (tertiary/aromatic N) is 3. The van der Waals surface area contributed by atoms with Gasteiger partial charge in [0.15, 0.2) is 0 Å². The Morgan fingerprint density at radius 1 is 1.22 bits per heavy atom. The summed E-state index contributed by atoms with van der Waals surface area (Å²) in [5, 5.41) is 12.0. The number of hydrogen-bond acceptors (Lipinski definition) is 5. The molecule has 2 aromatic rings. The molecule has 27 heavy (non-hydrogen) atoms. The first-order chi connectivity index (χ1) is 13.0. The lowest BCUT2D eigenvalue weighted by Crippen LogP contribution is -2.42. The minimum atomic E-state index is -1.03. The Kier molecular flexibility index (Phi) is 5.95. The highest BCUT2D eigenvalue weighted by atomic mass is 19.1. The molecule has 1 aliphatic heterocycles. The molecule has 1 saturated heterocycles. The van der Waals surface area contributed by atoms with E-state index in [1.54, 1.807) is 18.6 Å². The van der Waals surface area contributed by atoms with Gasteiger partial charge in [0.05, 0.1) is 18.7 Å². The summed E-state index contributed by atoms with van der Waals surface area (Å²) in [6.07, 6.45) is 5.97. The molecule has 1 aromatic carbocycles. The highest BCUT2D eigenvalue weighted by molar-refractivity contribution is 5.80. The van der Waals surface area contributed by atoms with Gasteiger partial charge in [-0.2, -0.15) is 0 Å². The molecule has 1 aliphatic rings. The Morgan fingerprint density at radius 3 is 2.52 bits per heavy atom. The minimum Gasteiger partial charge on any atom is -0.481 e. The van der Waals surface area contributed by atoms with Crippen LogP contribution in [0.5, 0.6) is 0 Å². The van der Waals surface area contributed by atoms with Crippen LogP contribution in [0.15, 0.2) is 42.9 Å². The number of hydrogen-bond donors (Lipinski definition) is 2. The maximum absolute atomic E-state index is 13.1. The number of carbonyl (C=O) groups excluding carboxylic acids is 1. The maximum atomic E-state index is 13.1. The summed E-state index contributed by atoms with van der Waals surface area (Å²) in [6, 6.07) is 4.83. The van der Waals surface area contributed by atoms with Crippen LogP contribution in [-0.2, 0) is 9.59 Å². The topological polar surface area (TPSA) is 95.4 Å². The molecule has 3 rings (SSSR count). The first-order valence-electron chi connectivity index (χ1n) is 8.81. The van der Waals surface area contributed by atoms with Gasteiger partial charge in [-0.3, -0.25) is 14.6 Å². The van der Waals surface area contributed by atoms with E-state index in [1.165, 1.54) is 24.3 Å². The number of aromatic nitrogens is 2. The molecule has 1 amide bonds. The fourth-order valence-electron chi connectivity index (χ4n) is 3.24. The van der Waals surface area contributed by atoms with Crippen LogP contribution in [0.3, 0.4) is 0 Å². The van der Waals surface area contributed by atoms with Gasteiger partial charge in [0, 0.05) is 31.4 Å². The summed E-state index contributed by atoms with van der Waals surface area (Å²) in [5.41, 5.74) is 0.573. The first-order valence-corrected chi connectivity index (χ1v) is 8.81. The van der Waals surface area contributed by atoms with Crippen LogP contribution in [0.4, 0.5) is 10.2 Å². The molecular weight excluding hydrogens is 351 g/mol. The van der Waals surface area contributed by atoms with Gasteiger partial charge in [0.2, 0.25) is 5.91 Å². The van der Waals surface area contributed by atoms with Crippen molar-refractivity contribution in [2.45, 2.75) is 25.3 Å². The number of carbonyl (C=O) groups is 2. The first kappa shape index (κ1) is 18.8. The number of rotatable bonds is 6. The lowest BCUT2D eigenvalue weighted by Gasteiger charge is -2.32. The number of nitrogens with one attached hydrogen (secondary N) is 1. The zero-order chi connectivity index (χ0) is 19.2. The number of anilines is 1. The van der Waals surface area contributed by atoms with Crippen molar-refractivity contribution in [2.75, 3.05) is 18.0 Å². The van der Waals surface area contributed by atoms with E-state index in [-0.39, 0.29) is 18.2 Å². The highest BCUT2D eigenvalue weighted by Crippen LogP contribution is 2.24. The molecule has 1 fully saturated rings. The van der Waals surface area contributed by atoms with E-state index in [0.717, 1.165) is 5.82 Å². The Labute approximate surface area is 156 Å². The molecule has 7 nitrogen and oxygen atoms in total. The molecule has 8 heteroatoms. The molecule has 142 valence electrons. The third kappa shape index (κ3) is 4.99. The van der Waals surface area contributed by atoms with E-state index in [0.29, 0.717) is 31.5 Å². The van der Waals surface area contributed by atoms with Gasteiger partial charge in [0.1, 0.15) is 11.6 Å². The Morgan fingerprint density at radius 2 is 1.93 bits per heavy atom. The Balaban J connectivity index is 1.61. The summed E-state index contributed by atoms with van der Waals surface area (Å²) >= 11 is 0. The monoisotopic (exact) mass is 372 g/mol. The lowest BCUT2D eigenvalue weighted by atomic mass is 9.94. The van der Waals surface area contributed by atoms with E-state index in [1.807, 2.05) is 0 Å². The standard InChI is InChI=1S/C19H21FN4O3/c20-15-3-1-13(2-4-15)16(11-18(25)26)23-19(27)14-5-9-24(10-6-14)17-12-21-7-8-22-17/h1-4,7-8,12,14,16H,5-6,9-11H2,(H,23,27)(H,25,26). The van der Waals surface area contributed by atoms with Crippen LogP contribution >= 0.6 is 0 Å². The van der Waals surface area contributed by atoms with Crippen LogP contribution in [0, 0.1) is 11.7 Å². The zero-order valence-electron chi connectivity index (χ0n) is 14.7. The maximum Gasteiger partial charge on any atom is 0.305 e. The van der Waals surface area contributed by atoms with Crippen molar-refractivity contribution in [3.8, 4) is 0 Å². The number of amides is 1. The highest BCUT2D eigenvalue weighted by Gasteiger charge is 2.28. The van der Waals surface area contributed by atoms with Crippen LogP contribution in [0.25, 0.3) is 0 Å². The lowest BCUT2D eigenvalue weighted by molar-refractivity contribution is -0.138. The van der Waals surface area contributed by atoms with E-state index >= 15 is 0 Å². The largest absolute Gasteiger partial charge is 0.481 e. The Bertz CT molecular complexity index is 777. The van der Waals surface area contributed by atoms with Crippen molar-refractivity contribution < 1.29 is 19.1 Å². The minimum absolute atomic E-state index is 0.177. The fraction of sp³-hybridized carbons (Fsp3) is 0.368. The van der Waals surface area contributed by atoms with E-state index in [9.17, 15) is 14.0 Å². The van der Waals surface area contributed by atoms with E-state index in [4.69, 9.17) is 5.11 Å². The van der Waals surface area contributed by atoms with Crippen molar-refractivity contribution in [2.24, 2.45) is 5.92 Å². The van der Waals surface area contributed by atoms with Crippen molar-refractivity contribution >= 4 is 17.7 Å². The average Bonchev–Trinajstić information content (AvgIpc) is 2.68. The van der Waals surface area contributed by atoms with E-state index < -0.39 is 17.8 Å². The molecular formula is C19H21FN4O3. The molecule has 1 aromatic heterocycles. The average molecular weight is 372 g/mol. The molecule has 2 N–H and O–H groups in total. The second kappa shape index (κ2) is 8.57. The number of halogens is 1. The number of carboxylic acid groups (broad SMARTS) is 1. The zero-order valence-corrected chi connectivity index (χ0v) is 14.7. The predicted octanol–water partition coefficient (Wildman–Crippen LogP) is 2.16. The normalized spacial score (nSPS) is 16.0. The van der Waals surface area contributed by atoms with Crippen molar-refractivity contribution in [3.05, 3.63) is 54.2 Å².